The molecule has 0 unspecified atom stereocenters. The van der Waals surface area contributed by atoms with E-state index in [1.54, 1.807) is 11.1 Å². The minimum Gasteiger partial charge on any atom is -0.380 e. The number of ether oxygens (including phenoxy) is 2. The van der Waals surface area contributed by atoms with Gasteiger partial charge < -0.3 is 18.9 Å². The summed E-state index contributed by atoms with van der Waals surface area (Å²) in [6, 6.07) is 0. The molecule has 0 N–H and O–H groups in total. The number of amides is 1. The number of hydrogen-bond donors (Lipinski definition) is 0. The van der Waals surface area contributed by atoms with Crippen LogP contribution in [0.1, 0.15) is 25.3 Å². The van der Waals surface area contributed by atoms with Gasteiger partial charge in [0.1, 0.15) is 11.9 Å². The number of carbonyl (C=O) groups excluding carboxylic acids is 1. The average molecular weight is 281 g/mol. The molecule has 1 aliphatic rings. The Morgan fingerprint density at radius 3 is 3.10 bits per heavy atom. The standard InChI is InChI=1S/C14H23N3O3/c1-4-19-10-8-17(3)14(18)11-5-9-20-12(11)13-15-6-7-16(13)2/h6-7,11-12H,4-5,8-10H2,1-3H3/t11-,12-/m1/s1. The molecule has 1 amide bonds. The summed E-state index contributed by atoms with van der Waals surface area (Å²) < 4.78 is 12.9. The molecule has 0 radical (unpaired) electrons. The van der Waals surface area contributed by atoms with Gasteiger partial charge >= 0.3 is 0 Å². The van der Waals surface area contributed by atoms with Crippen LogP contribution in [0.15, 0.2) is 12.4 Å². The summed E-state index contributed by atoms with van der Waals surface area (Å²) >= 11 is 0. The number of aromatic nitrogens is 2. The number of hydrogen-bond acceptors (Lipinski definition) is 4. The van der Waals surface area contributed by atoms with Crippen molar-refractivity contribution in [3.05, 3.63) is 18.2 Å². The lowest BCUT2D eigenvalue weighted by Crippen LogP contribution is -2.36. The third-order valence-corrected chi connectivity index (χ3v) is 3.67. The fourth-order valence-electron chi connectivity index (χ4n) is 2.49. The number of rotatable bonds is 6. The Labute approximate surface area is 119 Å². The van der Waals surface area contributed by atoms with Gasteiger partial charge in [-0.25, -0.2) is 4.98 Å². The number of imidazole rings is 1. The van der Waals surface area contributed by atoms with Crippen molar-refractivity contribution < 1.29 is 14.3 Å². The quantitative estimate of drug-likeness (QED) is 0.730. The van der Waals surface area contributed by atoms with Crippen molar-refractivity contribution in [3.8, 4) is 0 Å². The predicted octanol–water partition coefficient (Wildman–Crippen LogP) is 0.993. The maximum Gasteiger partial charge on any atom is 0.228 e. The molecule has 112 valence electrons. The van der Waals surface area contributed by atoms with Crippen molar-refractivity contribution in [3.63, 3.8) is 0 Å². The highest BCUT2D eigenvalue weighted by Crippen LogP contribution is 2.34. The summed E-state index contributed by atoms with van der Waals surface area (Å²) in [4.78, 5) is 18.5. The zero-order chi connectivity index (χ0) is 14.5. The Morgan fingerprint density at radius 2 is 2.45 bits per heavy atom. The van der Waals surface area contributed by atoms with Crippen molar-refractivity contribution in [2.75, 3.05) is 33.4 Å². The topological polar surface area (TPSA) is 56.6 Å². The average Bonchev–Trinajstić information content (AvgIpc) is 3.06. The molecule has 2 atom stereocenters. The SMILES string of the molecule is CCOCCN(C)C(=O)[C@@H]1CCO[C@H]1c1nccn1C. The van der Waals surface area contributed by atoms with E-state index in [-0.39, 0.29) is 17.9 Å². The van der Waals surface area contributed by atoms with Crippen LogP contribution in [0.5, 0.6) is 0 Å². The molecular weight excluding hydrogens is 258 g/mol. The highest BCUT2D eigenvalue weighted by atomic mass is 16.5. The van der Waals surface area contributed by atoms with Crippen LogP contribution in [-0.2, 0) is 21.3 Å². The fourth-order valence-corrected chi connectivity index (χ4v) is 2.49. The number of carbonyl (C=O) groups is 1. The molecule has 0 aromatic carbocycles. The van der Waals surface area contributed by atoms with Gasteiger partial charge in [-0.15, -0.1) is 0 Å². The Balaban J connectivity index is 2.00. The molecule has 0 saturated carbocycles. The molecule has 2 heterocycles. The van der Waals surface area contributed by atoms with E-state index in [9.17, 15) is 4.79 Å². The van der Waals surface area contributed by atoms with E-state index >= 15 is 0 Å². The van der Waals surface area contributed by atoms with Crippen LogP contribution in [0.4, 0.5) is 0 Å². The normalized spacial score (nSPS) is 22.1. The summed E-state index contributed by atoms with van der Waals surface area (Å²) in [7, 11) is 3.74. The first kappa shape index (κ1) is 15.0. The summed E-state index contributed by atoms with van der Waals surface area (Å²) in [5, 5.41) is 0. The molecule has 6 heteroatoms. The van der Waals surface area contributed by atoms with Gasteiger partial charge in [-0.3, -0.25) is 4.79 Å². The van der Waals surface area contributed by atoms with Crippen LogP contribution in [0.2, 0.25) is 0 Å². The molecule has 1 aromatic rings. The van der Waals surface area contributed by atoms with Gasteiger partial charge in [-0.05, 0) is 13.3 Å². The minimum atomic E-state index is -0.239. The van der Waals surface area contributed by atoms with E-state index in [0.29, 0.717) is 26.4 Å². The van der Waals surface area contributed by atoms with Gasteiger partial charge in [0.2, 0.25) is 5.91 Å². The predicted molar refractivity (Wildman–Crippen MR) is 74.1 cm³/mol. The molecule has 1 aromatic heterocycles. The Hall–Kier alpha value is -1.40. The van der Waals surface area contributed by atoms with E-state index < -0.39 is 0 Å². The van der Waals surface area contributed by atoms with Crippen LogP contribution >= 0.6 is 0 Å². The zero-order valence-corrected chi connectivity index (χ0v) is 12.4. The number of likely N-dealkylation sites (N-methyl/N-ethyl adjacent to an activating group) is 1. The van der Waals surface area contributed by atoms with Crippen LogP contribution in [0, 0.1) is 5.92 Å². The molecule has 20 heavy (non-hydrogen) atoms. The Morgan fingerprint density at radius 1 is 1.65 bits per heavy atom. The van der Waals surface area contributed by atoms with Gasteiger partial charge in [-0.1, -0.05) is 0 Å². The van der Waals surface area contributed by atoms with Crippen LogP contribution < -0.4 is 0 Å². The fraction of sp³-hybridized carbons (Fsp3) is 0.714. The lowest BCUT2D eigenvalue weighted by Gasteiger charge is -2.24. The van der Waals surface area contributed by atoms with Crippen LogP contribution in [0.3, 0.4) is 0 Å². The molecular formula is C14H23N3O3. The largest absolute Gasteiger partial charge is 0.380 e. The molecule has 1 saturated heterocycles. The molecule has 1 aliphatic heterocycles. The van der Waals surface area contributed by atoms with E-state index in [0.717, 1.165) is 12.2 Å². The second-order valence-electron chi connectivity index (χ2n) is 5.04. The van der Waals surface area contributed by atoms with Gasteiger partial charge in [0.05, 0.1) is 12.5 Å². The van der Waals surface area contributed by atoms with E-state index in [2.05, 4.69) is 4.98 Å². The highest BCUT2D eigenvalue weighted by Gasteiger charge is 2.38. The third-order valence-electron chi connectivity index (χ3n) is 3.67. The van der Waals surface area contributed by atoms with Crippen LogP contribution in [0.25, 0.3) is 0 Å². The minimum absolute atomic E-state index is 0.107. The first-order valence-electron chi connectivity index (χ1n) is 7.06. The van der Waals surface area contributed by atoms with Crippen LogP contribution in [-0.4, -0.2) is 53.8 Å². The van der Waals surface area contributed by atoms with Crippen molar-refractivity contribution >= 4 is 5.91 Å². The summed E-state index contributed by atoms with van der Waals surface area (Å²) in [6.45, 7) is 4.40. The van der Waals surface area contributed by atoms with E-state index in [1.807, 2.05) is 31.8 Å². The third kappa shape index (κ3) is 3.19. The molecule has 0 aliphatic carbocycles. The van der Waals surface area contributed by atoms with Gasteiger partial charge in [0.25, 0.3) is 0 Å². The van der Waals surface area contributed by atoms with Gasteiger partial charge in [-0.2, -0.15) is 0 Å². The number of nitrogens with zero attached hydrogens (tertiary/aromatic N) is 3. The Kier molecular flexibility index (Phi) is 5.14. The van der Waals surface area contributed by atoms with E-state index in [4.69, 9.17) is 9.47 Å². The first-order chi connectivity index (χ1) is 9.65. The molecule has 6 nitrogen and oxygen atoms in total. The van der Waals surface area contributed by atoms with Crippen molar-refractivity contribution in [2.45, 2.75) is 19.4 Å². The highest BCUT2D eigenvalue weighted by molar-refractivity contribution is 5.79. The van der Waals surface area contributed by atoms with Gasteiger partial charge in [0, 0.05) is 46.2 Å². The van der Waals surface area contributed by atoms with E-state index in [1.165, 1.54) is 0 Å². The molecule has 2 rings (SSSR count). The monoisotopic (exact) mass is 281 g/mol. The summed E-state index contributed by atoms with van der Waals surface area (Å²) in [6.07, 6.45) is 4.11. The maximum absolute atomic E-state index is 12.5. The van der Waals surface area contributed by atoms with Crippen molar-refractivity contribution in [2.24, 2.45) is 13.0 Å². The molecule has 0 spiro atoms. The number of aryl methyl sites for hydroxylation is 1. The second kappa shape index (κ2) is 6.85. The van der Waals surface area contributed by atoms with Crippen molar-refractivity contribution in [1.82, 2.24) is 14.5 Å². The van der Waals surface area contributed by atoms with Gasteiger partial charge in [0.15, 0.2) is 0 Å². The van der Waals surface area contributed by atoms with Crippen molar-refractivity contribution in [1.29, 1.82) is 0 Å². The first-order valence-corrected chi connectivity index (χ1v) is 7.06. The molecule has 1 fully saturated rings. The Bertz CT molecular complexity index is 447. The summed E-state index contributed by atoms with van der Waals surface area (Å²) in [5.74, 6) is 0.775. The summed E-state index contributed by atoms with van der Waals surface area (Å²) in [5.41, 5.74) is 0. The lowest BCUT2D eigenvalue weighted by molar-refractivity contribution is -0.137. The smallest absolute Gasteiger partial charge is 0.228 e. The lowest BCUT2D eigenvalue weighted by atomic mass is 9.99. The molecule has 0 bridgehead atoms. The zero-order valence-electron chi connectivity index (χ0n) is 12.4. The second-order valence-corrected chi connectivity index (χ2v) is 5.04. The maximum atomic E-state index is 12.5.